The van der Waals surface area contributed by atoms with Crippen molar-refractivity contribution in [3.05, 3.63) is 0 Å². The maximum Gasteiger partial charge on any atom is 0.0839 e. The molecule has 0 N–H and O–H groups in total. The molecule has 0 saturated heterocycles. The zero-order valence-corrected chi connectivity index (χ0v) is 10.8. The number of nitrogens with zero attached hydrogens (tertiary/aromatic N) is 1. The summed E-state index contributed by atoms with van der Waals surface area (Å²) in [6.45, 7) is 18.8. The van der Waals surface area contributed by atoms with Crippen LogP contribution in [0.1, 0.15) is 55.4 Å². The van der Waals surface area contributed by atoms with Gasteiger partial charge in [-0.2, -0.15) is 0 Å². The maximum absolute atomic E-state index is 2.35. The van der Waals surface area contributed by atoms with Crippen molar-refractivity contribution in [2.45, 2.75) is 79.6 Å². The van der Waals surface area contributed by atoms with E-state index in [0.29, 0.717) is 24.2 Å². The van der Waals surface area contributed by atoms with Gasteiger partial charge in [0.2, 0.25) is 0 Å². The quantitative estimate of drug-likeness (QED) is 0.590. The molecule has 0 aliphatic heterocycles. The van der Waals surface area contributed by atoms with E-state index in [-0.39, 0.29) is 0 Å². The SMILES string of the molecule is CC(C)[N+](C(C)C)(C(C)C)C(C)C. The molecule has 0 aromatic carbocycles. The molecular weight excluding hydrogens is 158 g/mol. The van der Waals surface area contributed by atoms with E-state index < -0.39 is 0 Å². The van der Waals surface area contributed by atoms with E-state index in [4.69, 9.17) is 0 Å². The minimum Gasteiger partial charge on any atom is -0.316 e. The summed E-state index contributed by atoms with van der Waals surface area (Å²) in [5.41, 5.74) is 0. The summed E-state index contributed by atoms with van der Waals surface area (Å²) in [5.74, 6) is 0. The Bertz CT molecular complexity index is 108. The van der Waals surface area contributed by atoms with Crippen molar-refractivity contribution < 1.29 is 4.48 Å². The lowest BCUT2D eigenvalue weighted by Gasteiger charge is -2.52. The molecule has 0 unspecified atom stereocenters. The number of rotatable bonds is 4. The maximum atomic E-state index is 2.35. The molecule has 0 aliphatic rings. The van der Waals surface area contributed by atoms with E-state index in [0.717, 1.165) is 0 Å². The van der Waals surface area contributed by atoms with Crippen LogP contribution in [0.3, 0.4) is 0 Å². The molecule has 0 radical (unpaired) electrons. The van der Waals surface area contributed by atoms with Gasteiger partial charge in [0.05, 0.1) is 24.2 Å². The Hall–Kier alpha value is -0.0400. The largest absolute Gasteiger partial charge is 0.316 e. The smallest absolute Gasteiger partial charge is 0.0839 e. The minimum absolute atomic E-state index is 0.708. The highest BCUT2D eigenvalue weighted by Crippen LogP contribution is 2.28. The highest BCUT2D eigenvalue weighted by Gasteiger charge is 2.40. The van der Waals surface area contributed by atoms with Crippen LogP contribution >= 0.6 is 0 Å². The highest BCUT2D eigenvalue weighted by molar-refractivity contribution is 4.61. The highest BCUT2D eigenvalue weighted by atomic mass is 15.4. The molecule has 0 rings (SSSR count). The van der Waals surface area contributed by atoms with Gasteiger partial charge < -0.3 is 4.48 Å². The van der Waals surface area contributed by atoms with Gasteiger partial charge in [0.15, 0.2) is 0 Å². The molecule has 13 heavy (non-hydrogen) atoms. The zero-order valence-electron chi connectivity index (χ0n) is 10.8. The standard InChI is InChI=1S/C12H28N/c1-9(2)13(10(3)4,11(5)6)12(7)8/h9-12H,1-8H3/q+1. The van der Waals surface area contributed by atoms with Gasteiger partial charge in [0.1, 0.15) is 0 Å². The Morgan fingerprint density at radius 2 is 0.615 bits per heavy atom. The molecule has 80 valence electrons. The molecule has 0 aromatic heterocycles. The summed E-state index contributed by atoms with van der Waals surface area (Å²) >= 11 is 0. The Morgan fingerprint density at radius 1 is 0.462 bits per heavy atom. The first-order valence-corrected chi connectivity index (χ1v) is 5.65. The van der Waals surface area contributed by atoms with Crippen LogP contribution in [0.15, 0.2) is 0 Å². The molecule has 0 saturated carbocycles. The van der Waals surface area contributed by atoms with Crippen molar-refractivity contribution in [2.75, 3.05) is 0 Å². The minimum atomic E-state index is 0.708. The van der Waals surface area contributed by atoms with E-state index in [1.807, 2.05) is 0 Å². The summed E-state index contributed by atoms with van der Waals surface area (Å²) in [6.07, 6.45) is 0. The number of hydrogen-bond acceptors (Lipinski definition) is 0. The van der Waals surface area contributed by atoms with E-state index in [1.54, 1.807) is 0 Å². The first-order chi connectivity index (χ1) is 5.77. The average Bonchev–Trinajstić information content (AvgIpc) is 1.82. The molecular formula is C12H28N+. The van der Waals surface area contributed by atoms with Crippen LogP contribution in [-0.4, -0.2) is 28.7 Å². The molecule has 0 spiro atoms. The Balaban J connectivity index is 5.06. The molecule has 0 aromatic rings. The summed E-state index contributed by atoms with van der Waals surface area (Å²) < 4.78 is 1.22. The topological polar surface area (TPSA) is 0 Å². The fourth-order valence-electron chi connectivity index (χ4n) is 3.58. The van der Waals surface area contributed by atoms with Crippen molar-refractivity contribution in [1.29, 1.82) is 0 Å². The van der Waals surface area contributed by atoms with Crippen LogP contribution in [0.4, 0.5) is 0 Å². The lowest BCUT2D eigenvalue weighted by atomic mass is 10.0. The fraction of sp³-hybridized carbons (Fsp3) is 1.00. The summed E-state index contributed by atoms with van der Waals surface area (Å²) in [4.78, 5) is 0. The number of hydrogen-bond donors (Lipinski definition) is 0. The van der Waals surface area contributed by atoms with Crippen LogP contribution < -0.4 is 0 Å². The summed E-state index contributed by atoms with van der Waals surface area (Å²) in [6, 6.07) is 2.83. The van der Waals surface area contributed by atoms with E-state index >= 15 is 0 Å². The average molecular weight is 186 g/mol. The molecule has 0 amide bonds. The van der Waals surface area contributed by atoms with Crippen molar-refractivity contribution in [1.82, 2.24) is 0 Å². The number of quaternary nitrogens is 1. The van der Waals surface area contributed by atoms with Crippen LogP contribution in [0.25, 0.3) is 0 Å². The molecule has 0 fully saturated rings. The van der Waals surface area contributed by atoms with E-state index in [9.17, 15) is 0 Å². The lowest BCUT2D eigenvalue weighted by molar-refractivity contribution is -1.00. The van der Waals surface area contributed by atoms with Crippen molar-refractivity contribution in [2.24, 2.45) is 0 Å². The van der Waals surface area contributed by atoms with Gasteiger partial charge >= 0.3 is 0 Å². The van der Waals surface area contributed by atoms with Crippen LogP contribution in [0.2, 0.25) is 0 Å². The van der Waals surface area contributed by atoms with Gasteiger partial charge in [-0.15, -0.1) is 0 Å². The normalized spacial score (nSPS) is 13.8. The molecule has 0 heterocycles. The van der Waals surface area contributed by atoms with Gasteiger partial charge in [0, 0.05) is 0 Å². The first-order valence-electron chi connectivity index (χ1n) is 5.65. The molecule has 1 nitrogen and oxygen atoms in total. The van der Waals surface area contributed by atoms with Gasteiger partial charge in [-0.3, -0.25) is 0 Å². The second-order valence-corrected chi connectivity index (χ2v) is 5.27. The fourth-order valence-corrected chi connectivity index (χ4v) is 3.58. The second-order valence-electron chi connectivity index (χ2n) is 5.27. The van der Waals surface area contributed by atoms with Gasteiger partial charge in [-0.25, -0.2) is 0 Å². The van der Waals surface area contributed by atoms with Crippen molar-refractivity contribution >= 4 is 0 Å². The Kier molecular flexibility index (Phi) is 4.44. The Morgan fingerprint density at radius 3 is 0.615 bits per heavy atom. The summed E-state index contributed by atoms with van der Waals surface area (Å²) in [7, 11) is 0. The van der Waals surface area contributed by atoms with E-state index in [1.165, 1.54) is 4.48 Å². The molecule has 0 atom stereocenters. The van der Waals surface area contributed by atoms with Crippen LogP contribution in [-0.2, 0) is 0 Å². The van der Waals surface area contributed by atoms with Crippen molar-refractivity contribution in [3.8, 4) is 0 Å². The van der Waals surface area contributed by atoms with Gasteiger partial charge in [-0.05, 0) is 55.4 Å². The van der Waals surface area contributed by atoms with Crippen LogP contribution in [0, 0.1) is 0 Å². The molecule has 0 aliphatic carbocycles. The monoisotopic (exact) mass is 186 g/mol. The van der Waals surface area contributed by atoms with Gasteiger partial charge in [0.25, 0.3) is 0 Å². The van der Waals surface area contributed by atoms with Gasteiger partial charge in [-0.1, -0.05) is 0 Å². The van der Waals surface area contributed by atoms with E-state index in [2.05, 4.69) is 55.4 Å². The van der Waals surface area contributed by atoms with Crippen LogP contribution in [0.5, 0.6) is 0 Å². The Labute approximate surface area is 84.7 Å². The predicted octanol–water partition coefficient (Wildman–Crippen LogP) is 3.44. The molecule has 1 heteroatoms. The molecule has 0 bridgehead atoms. The predicted molar refractivity (Wildman–Crippen MR) is 60.8 cm³/mol. The summed E-state index contributed by atoms with van der Waals surface area (Å²) in [5, 5.41) is 0. The third-order valence-corrected chi connectivity index (χ3v) is 3.58. The first kappa shape index (κ1) is 13.0. The lowest BCUT2D eigenvalue weighted by Crippen LogP contribution is -2.65. The van der Waals surface area contributed by atoms with Crippen molar-refractivity contribution in [3.63, 3.8) is 0 Å². The third kappa shape index (κ3) is 2.07. The zero-order chi connectivity index (χ0) is 10.8. The second kappa shape index (κ2) is 4.45. The third-order valence-electron chi connectivity index (χ3n) is 3.58.